The van der Waals surface area contributed by atoms with Crippen molar-refractivity contribution in [2.24, 2.45) is 0 Å². The van der Waals surface area contributed by atoms with E-state index in [9.17, 15) is 4.79 Å². The fourth-order valence-corrected chi connectivity index (χ4v) is 2.92. The van der Waals surface area contributed by atoms with Crippen LogP contribution >= 0.6 is 11.6 Å². The molecule has 2 aromatic rings. The third-order valence-corrected chi connectivity index (χ3v) is 4.42. The van der Waals surface area contributed by atoms with Crippen LogP contribution in [0.4, 0.5) is 0 Å². The summed E-state index contributed by atoms with van der Waals surface area (Å²) in [6, 6.07) is 15.5. The minimum Gasteiger partial charge on any atom is -0.480 e. The molecular weight excluding hydrogens is 298 g/mol. The average molecular weight is 316 g/mol. The number of hydrogen-bond acceptors (Lipinski definition) is 2. The molecule has 0 saturated heterocycles. The highest BCUT2D eigenvalue weighted by molar-refractivity contribution is 6.30. The topological polar surface area (TPSA) is 29.5 Å². The summed E-state index contributed by atoms with van der Waals surface area (Å²) in [5.41, 5.74) is 2.10. The van der Waals surface area contributed by atoms with Gasteiger partial charge in [-0.1, -0.05) is 41.9 Å². The first-order chi connectivity index (χ1) is 10.6. The Morgan fingerprint density at radius 3 is 2.73 bits per heavy atom. The molecule has 3 rings (SSSR count). The molecule has 1 aliphatic rings. The van der Waals surface area contributed by atoms with Gasteiger partial charge in [0.2, 0.25) is 0 Å². The van der Waals surface area contributed by atoms with Crippen molar-refractivity contribution in [3.05, 3.63) is 64.7 Å². The molecule has 114 valence electrons. The Kier molecular flexibility index (Phi) is 4.08. The van der Waals surface area contributed by atoms with Gasteiger partial charge in [-0.3, -0.25) is 4.79 Å². The molecule has 0 bridgehead atoms. The van der Waals surface area contributed by atoms with Gasteiger partial charge in [-0.25, -0.2) is 0 Å². The van der Waals surface area contributed by atoms with E-state index in [1.807, 2.05) is 56.4 Å². The van der Waals surface area contributed by atoms with E-state index in [0.29, 0.717) is 11.4 Å². The van der Waals surface area contributed by atoms with Crippen LogP contribution in [0.25, 0.3) is 0 Å². The maximum atomic E-state index is 12.7. The number of halogens is 1. The molecule has 0 saturated carbocycles. The summed E-state index contributed by atoms with van der Waals surface area (Å²) >= 11 is 5.99. The van der Waals surface area contributed by atoms with Gasteiger partial charge in [0.25, 0.3) is 5.91 Å². The fraction of sp³-hybridized carbons (Fsp3) is 0.278. The van der Waals surface area contributed by atoms with Gasteiger partial charge in [-0.05, 0) is 36.2 Å². The van der Waals surface area contributed by atoms with Crippen LogP contribution in [-0.2, 0) is 11.2 Å². The van der Waals surface area contributed by atoms with E-state index < -0.39 is 6.10 Å². The first-order valence-corrected chi connectivity index (χ1v) is 7.71. The first-order valence-electron chi connectivity index (χ1n) is 7.33. The van der Waals surface area contributed by atoms with Crippen molar-refractivity contribution in [3.63, 3.8) is 0 Å². The molecule has 3 nitrogen and oxygen atoms in total. The Morgan fingerprint density at radius 1 is 1.27 bits per heavy atom. The van der Waals surface area contributed by atoms with Crippen LogP contribution in [0, 0.1) is 0 Å². The van der Waals surface area contributed by atoms with E-state index >= 15 is 0 Å². The molecule has 2 atom stereocenters. The lowest BCUT2D eigenvalue weighted by molar-refractivity contribution is -0.138. The minimum atomic E-state index is -0.468. The first kappa shape index (κ1) is 14.9. The molecule has 4 heteroatoms. The molecule has 0 radical (unpaired) electrons. The summed E-state index contributed by atoms with van der Waals surface area (Å²) in [5, 5.41) is 0.668. The largest absolute Gasteiger partial charge is 0.480 e. The molecule has 0 aromatic heterocycles. The SMILES string of the molecule is C[C@H](c1ccccc1)N(C)C(=O)[C@H]1Cc2cc(Cl)ccc2O1. The zero-order valence-electron chi connectivity index (χ0n) is 12.6. The van der Waals surface area contributed by atoms with Gasteiger partial charge in [0.05, 0.1) is 6.04 Å². The lowest BCUT2D eigenvalue weighted by Gasteiger charge is -2.27. The molecule has 2 aromatic carbocycles. The number of benzene rings is 2. The van der Waals surface area contributed by atoms with Gasteiger partial charge in [0.1, 0.15) is 5.75 Å². The van der Waals surface area contributed by atoms with Gasteiger partial charge in [0.15, 0.2) is 6.10 Å². The number of amides is 1. The quantitative estimate of drug-likeness (QED) is 0.860. The number of hydrogen-bond donors (Lipinski definition) is 0. The van der Waals surface area contributed by atoms with Gasteiger partial charge in [-0.2, -0.15) is 0 Å². The third kappa shape index (κ3) is 2.81. The molecular formula is C18H18ClNO2. The van der Waals surface area contributed by atoms with E-state index in [-0.39, 0.29) is 11.9 Å². The maximum absolute atomic E-state index is 12.7. The van der Waals surface area contributed by atoms with Crippen molar-refractivity contribution in [1.29, 1.82) is 0 Å². The van der Waals surface area contributed by atoms with E-state index in [1.165, 1.54) is 0 Å². The zero-order valence-corrected chi connectivity index (χ0v) is 13.4. The Hall–Kier alpha value is -2.00. The molecule has 0 fully saturated rings. The van der Waals surface area contributed by atoms with Crippen molar-refractivity contribution in [2.45, 2.75) is 25.5 Å². The van der Waals surface area contributed by atoms with E-state index in [4.69, 9.17) is 16.3 Å². The lowest BCUT2D eigenvalue weighted by Crippen LogP contribution is -2.40. The summed E-state index contributed by atoms with van der Waals surface area (Å²) in [6.45, 7) is 2.02. The zero-order chi connectivity index (χ0) is 15.7. The van der Waals surface area contributed by atoms with Crippen molar-refractivity contribution in [1.82, 2.24) is 4.90 Å². The van der Waals surface area contributed by atoms with E-state index in [2.05, 4.69) is 0 Å². The van der Waals surface area contributed by atoms with Crippen LogP contribution in [0.2, 0.25) is 5.02 Å². The monoisotopic (exact) mass is 315 g/mol. The number of fused-ring (bicyclic) bond motifs is 1. The highest BCUT2D eigenvalue weighted by atomic mass is 35.5. The number of carbonyl (C=O) groups is 1. The predicted octanol–water partition coefficient (Wildman–Crippen LogP) is 3.86. The number of likely N-dealkylation sites (N-methyl/N-ethyl adjacent to an activating group) is 1. The molecule has 0 aliphatic carbocycles. The summed E-state index contributed by atoms with van der Waals surface area (Å²) in [5.74, 6) is 0.743. The highest BCUT2D eigenvalue weighted by Crippen LogP contribution is 2.32. The van der Waals surface area contributed by atoms with Crippen molar-refractivity contribution >= 4 is 17.5 Å². The highest BCUT2D eigenvalue weighted by Gasteiger charge is 2.33. The van der Waals surface area contributed by atoms with Crippen LogP contribution in [-0.4, -0.2) is 24.0 Å². The van der Waals surface area contributed by atoms with Crippen LogP contribution in [0.15, 0.2) is 48.5 Å². The number of carbonyl (C=O) groups excluding carboxylic acids is 1. The average Bonchev–Trinajstić information content (AvgIpc) is 2.96. The fourth-order valence-electron chi connectivity index (χ4n) is 2.73. The van der Waals surface area contributed by atoms with Crippen LogP contribution in [0.1, 0.15) is 24.1 Å². The molecule has 0 spiro atoms. The van der Waals surface area contributed by atoms with Crippen molar-refractivity contribution in [2.75, 3.05) is 7.05 Å². The Balaban J connectivity index is 1.73. The molecule has 1 amide bonds. The Morgan fingerprint density at radius 2 is 2.00 bits per heavy atom. The summed E-state index contributed by atoms with van der Waals surface area (Å²) in [7, 11) is 1.82. The molecule has 1 aliphatic heterocycles. The normalized spacial score (nSPS) is 17.5. The smallest absolute Gasteiger partial charge is 0.264 e. The molecule has 0 N–H and O–H groups in total. The standard InChI is InChI=1S/C18H18ClNO2/c1-12(13-6-4-3-5-7-13)20(2)18(21)17-11-14-10-15(19)8-9-16(14)22-17/h3-10,12,17H,11H2,1-2H3/t12-,17-/m1/s1. The van der Waals surface area contributed by atoms with Crippen LogP contribution in [0.3, 0.4) is 0 Å². The minimum absolute atomic E-state index is 0.00426. The van der Waals surface area contributed by atoms with Gasteiger partial charge >= 0.3 is 0 Å². The van der Waals surface area contributed by atoms with E-state index in [0.717, 1.165) is 16.9 Å². The van der Waals surface area contributed by atoms with Gasteiger partial charge in [0, 0.05) is 18.5 Å². The molecule has 1 heterocycles. The second-order valence-corrected chi connectivity index (χ2v) is 6.03. The molecule has 0 unspecified atom stereocenters. The second-order valence-electron chi connectivity index (χ2n) is 5.60. The Bertz CT molecular complexity index is 687. The lowest BCUT2D eigenvalue weighted by atomic mass is 10.1. The summed E-state index contributed by atoms with van der Waals surface area (Å²) in [6.07, 6.45) is 0.102. The summed E-state index contributed by atoms with van der Waals surface area (Å²) < 4.78 is 5.78. The number of ether oxygens (including phenoxy) is 1. The Labute approximate surface area is 135 Å². The van der Waals surface area contributed by atoms with Crippen LogP contribution in [0.5, 0.6) is 5.75 Å². The predicted molar refractivity (Wildman–Crippen MR) is 87.2 cm³/mol. The van der Waals surface area contributed by atoms with Crippen molar-refractivity contribution < 1.29 is 9.53 Å². The second kappa shape index (κ2) is 6.01. The molecule has 22 heavy (non-hydrogen) atoms. The van der Waals surface area contributed by atoms with Crippen LogP contribution < -0.4 is 4.74 Å². The van der Waals surface area contributed by atoms with Gasteiger partial charge < -0.3 is 9.64 Å². The third-order valence-electron chi connectivity index (χ3n) is 4.18. The number of nitrogens with zero attached hydrogens (tertiary/aromatic N) is 1. The number of rotatable bonds is 3. The maximum Gasteiger partial charge on any atom is 0.264 e. The van der Waals surface area contributed by atoms with Crippen molar-refractivity contribution in [3.8, 4) is 5.75 Å². The summed E-state index contributed by atoms with van der Waals surface area (Å²) in [4.78, 5) is 14.4. The van der Waals surface area contributed by atoms with E-state index in [1.54, 1.807) is 11.0 Å². The van der Waals surface area contributed by atoms with Gasteiger partial charge in [-0.15, -0.1) is 0 Å².